The predicted molar refractivity (Wildman–Crippen MR) is 64.2 cm³/mol. The first-order chi connectivity index (χ1) is 7.72. The number of benzene rings is 1. The lowest BCUT2D eigenvalue weighted by atomic mass is 10.0. The fourth-order valence-corrected chi connectivity index (χ4v) is 2.69. The zero-order valence-corrected chi connectivity index (χ0v) is 10.3. The Labute approximate surface area is 96.8 Å². The van der Waals surface area contributed by atoms with Crippen molar-refractivity contribution in [1.82, 2.24) is 5.32 Å². The monoisotopic (exact) mass is 221 g/mol. The number of hydrogen-bond donors (Lipinski definition) is 1. The highest BCUT2D eigenvalue weighted by atomic mass is 16.5. The highest BCUT2D eigenvalue weighted by molar-refractivity contribution is 5.54. The van der Waals surface area contributed by atoms with E-state index in [1.807, 2.05) is 13.1 Å². The van der Waals surface area contributed by atoms with Crippen LogP contribution in [0.4, 0.5) is 0 Å². The lowest BCUT2D eigenvalue weighted by Gasteiger charge is -2.16. The first-order valence-electron chi connectivity index (χ1n) is 5.64. The van der Waals surface area contributed by atoms with E-state index in [4.69, 9.17) is 9.47 Å². The Morgan fingerprint density at radius 3 is 2.56 bits per heavy atom. The van der Waals surface area contributed by atoms with Gasteiger partial charge < -0.3 is 14.8 Å². The molecule has 0 amide bonds. The van der Waals surface area contributed by atoms with Crippen LogP contribution in [0.5, 0.6) is 11.5 Å². The minimum absolute atomic E-state index is 0.426. The zero-order valence-electron chi connectivity index (χ0n) is 10.3. The van der Waals surface area contributed by atoms with Crippen LogP contribution in [0.15, 0.2) is 12.1 Å². The van der Waals surface area contributed by atoms with Gasteiger partial charge in [0.15, 0.2) is 11.5 Å². The Kier molecular flexibility index (Phi) is 3.06. The van der Waals surface area contributed by atoms with Crippen molar-refractivity contribution in [1.29, 1.82) is 0 Å². The first kappa shape index (κ1) is 11.3. The van der Waals surface area contributed by atoms with Gasteiger partial charge in [-0.05, 0) is 31.0 Å². The van der Waals surface area contributed by atoms with Crippen LogP contribution >= 0.6 is 0 Å². The molecule has 2 rings (SSSR count). The van der Waals surface area contributed by atoms with Crippen molar-refractivity contribution in [3.63, 3.8) is 0 Å². The van der Waals surface area contributed by atoms with Gasteiger partial charge in [-0.25, -0.2) is 0 Å². The van der Waals surface area contributed by atoms with Gasteiger partial charge in [0.2, 0.25) is 0 Å². The van der Waals surface area contributed by atoms with Crippen molar-refractivity contribution in [2.45, 2.75) is 19.4 Å². The number of methoxy groups -OCH3 is 2. The molecular formula is C13H19NO2. The number of fused-ring (bicyclic) bond motifs is 1. The molecule has 1 aromatic carbocycles. The maximum atomic E-state index is 5.47. The minimum Gasteiger partial charge on any atom is -0.493 e. The molecule has 0 spiro atoms. The summed E-state index contributed by atoms with van der Waals surface area (Å²) in [6, 6.07) is 4.55. The number of nitrogens with one attached hydrogen (secondary N) is 1. The summed E-state index contributed by atoms with van der Waals surface area (Å²) in [7, 11) is 5.39. The van der Waals surface area contributed by atoms with Gasteiger partial charge >= 0.3 is 0 Å². The van der Waals surface area contributed by atoms with Crippen molar-refractivity contribution in [2.75, 3.05) is 21.3 Å². The summed E-state index contributed by atoms with van der Waals surface area (Å²) in [4.78, 5) is 0. The summed E-state index contributed by atoms with van der Waals surface area (Å²) in [6.07, 6.45) is 1.04. The normalized spacial score (nSPS) is 23.0. The molecule has 2 atom stereocenters. The van der Waals surface area contributed by atoms with Crippen molar-refractivity contribution >= 4 is 0 Å². The van der Waals surface area contributed by atoms with E-state index in [9.17, 15) is 0 Å². The molecule has 2 unspecified atom stereocenters. The Morgan fingerprint density at radius 1 is 1.25 bits per heavy atom. The molecule has 0 heterocycles. The fourth-order valence-electron chi connectivity index (χ4n) is 2.69. The van der Waals surface area contributed by atoms with E-state index in [1.54, 1.807) is 14.2 Å². The average molecular weight is 221 g/mol. The third-order valence-corrected chi connectivity index (χ3v) is 3.43. The van der Waals surface area contributed by atoms with E-state index in [2.05, 4.69) is 18.3 Å². The van der Waals surface area contributed by atoms with Crippen LogP contribution in [0.2, 0.25) is 0 Å². The second-order valence-electron chi connectivity index (χ2n) is 4.32. The second-order valence-corrected chi connectivity index (χ2v) is 4.32. The lowest BCUT2D eigenvalue weighted by molar-refractivity contribution is 0.351. The van der Waals surface area contributed by atoms with Gasteiger partial charge in [0.1, 0.15) is 0 Å². The summed E-state index contributed by atoms with van der Waals surface area (Å²) >= 11 is 0. The van der Waals surface area contributed by atoms with Crippen molar-refractivity contribution < 1.29 is 9.47 Å². The quantitative estimate of drug-likeness (QED) is 0.848. The van der Waals surface area contributed by atoms with Crippen LogP contribution in [0.25, 0.3) is 0 Å². The maximum absolute atomic E-state index is 5.47. The summed E-state index contributed by atoms with van der Waals surface area (Å²) in [5, 5.41) is 3.36. The molecule has 0 bridgehead atoms. The molecule has 88 valence electrons. The van der Waals surface area contributed by atoms with E-state index < -0.39 is 0 Å². The van der Waals surface area contributed by atoms with Crippen LogP contribution in [0.3, 0.4) is 0 Å². The standard InChI is InChI=1S/C13H19NO2/c1-8-7-10-9(12(8)14-2)5-6-11(15-3)13(10)16-4/h5-6,8,12,14H,7H2,1-4H3. The minimum atomic E-state index is 0.426. The van der Waals surface area contributed by atoms with Crippen LogP contribution in [-0.4, -0.2) is 21.3 Å². The summed E-state index contributed by atoms with van der Waals surface area (Å²) < 4.78 is 10.8. The molecule has 0 saturated carbocycles. The second kappa shape index (κ2) is 4.34. The summed E-state index contributed by atoms with van der Waals surface area (Å²) in [5.74, 6) is 2.32. The number of hydrogen-bond acceptors (Lipinski definition) is 3. The fraction of sp³-hybridized carbons (Fsp3) is 0.538. The third-order valence-electron chi connectivity index (χ3n) is 3.43. The molecule has 1 aromatic rings. The molecule has 0 radical (unpaired) electrons. The first-order valence-corrected chi connectivity index (χ1v) is 5.64. The highest BCUT2D eigenvalue weighted by Gasteiger charge is 2.31. The molecule has 3 nitrogen and oxygen atoms in total. The number of rotatable bonds is 3. The molecule has 0 aromatic heterocycles. The van der Waals surface area contributed by atoms with Crippen LogP contribution in [0, 0.1) is 5.92 Å². The molecule has 0 fully saturated rings. The molecule has 16 heavy (non-hydrogen) atoms. The molecule has 3 heteroatoms. The average Bonchev–Trinajstić information content (AvgIpc) is 2.62. The lowest BCUT2D eigenvalue weighted by Crippen LogP contribution is -2.19. The molecule has 0 saturated heterocycles. The summed E-state index contributed by atoms with van der Waals surface area (Å²) in [6.45, 7) is 2.26. The Bertz CT molecular complexity index is 390. The van der Waals surface area contributed by atoms with Gasteiger partial charge in [-0.2, -0.15) is 0 Å². The van der Waals surface area contributed by atoms with Gasteiger partial charge in [0.05, 0.1) is 14.2 Å². The van der Waals surface area contributed by atoms with Crippen molar-refractivity contribution in [2.24, 2.45) is 5.92 Å². The maximum Gasteiger partial charge on any atom is 0.164 e. The third kappa shape index (κ3) is 1.55. The molecule has 1 aliphatic carbocycles. The van der Waals surface area contributed by atoms with E-state index >= 15 is 0 Å². The zero-order chi connectivity index (χ0) is 11.7. The van der Waals surface area contributed by atoms with E-state index in [0.717, 1.165) is 17.9 Å². The Hall–Kier alpha value is -1.22. The van der Waals surface area contributed by atoms with Gasteiger partial charge in [-0.1, -0.05) is 13.0 Å². The van der Waals surface area contributed by atoms with Crippen molar-refractivity contribution in [3.8, 4) is 11.5 Å². The van der Waals surface area contributed by atoms with Crippen molar-refractivity contribution in [3.05, 3.63) is 23.3 Å². The van der Waals surface area contributed by atoms with Gasteiger partial charge in [-0.15, -0.1) is 0 Å². The SMILES string of the molecule is CNC1c2ccc(OC)c(OC)c2CC1C. The molecule has 0 aliphatic heterocycles. The van der Waals surface area contributed by atoms with Gasteiger partial charge in [0.25, 0.3) is 0 Å². The number of ether oxygens (including phenoxy) is 2. The van der Waals surface area contributed by atoms with E-state index in [0.29, 0.717) is 12.0 Å². The van der Waals surface area contributed by atoms with Crippen LogP contribution in [-0.2, 0) is 6.42 Å². The van der Waals surface area contributed by atoms with E-state index in [1.165, 1.54) is 11.1 Å². The smallest absolute Gasteiger partial charge is 0.164 e. The molecule has 1 aliphatic rings. The van der Waals surface area contributed by atoms with Gasteiger partial charge in [-0.3, -0.25) is 0 Å². The Morgan fingerprint density at radius 2 is 2.00 bits per heavy atom. The van der Waals surface area contributed by atoms with Crippen LogP contribution < -0.4 is 14.8 Å². The predicted octanol–water partition coefficient (Wildman–Crippen LogP) is 2.16. The largest absolute Gasteiger partial charge is 0.493 e. The Balaban J connectivity index is 2.51. The van der Waals surface area contributed by atoms with E-state index in [-0.39, 0.29) is 0 Å². The molecular weight excluding hydrogens is 202 g/mol. The highest BCUT2D eigenvalue weighted by Crippen LogP contribution is 2.44. The van der Waals surface area contributed by atoms with Crippen LogP contribution in [0.1, 0.15) is 24.1 Å². The summed E-state index contributed by atoms with van der Waals surface area (Å²) in [5.41, 5.74) is 2.63. The molecule has 1 N–H and O–H groups in total. The topological polar surface area (TPSA) is 30.5 Å². The van der Waals surface area contributed by atoms with Gasteiger partial charge in [0, 0.05) is 11.6 Å².